The van der Waals surface area contributed by atoms with Crippen LogP contribution >= 0.6 is 11.6 Å². The van der Waals surface area contributed by atoms with Gasteiger partial charge in [0, 0.05) is 30.6 Å². The normalized spacial score (nSPS) is 21.7. The molecule has 6 nitrogen and oxygen atoms in total. The third-order valence-corrected chi connectivity index (χ3v) is 4.94. The SMILES string of the molecule is COc1ccc(Cl)cc1N1CC(C(=O)NC(CN)C2CC2)CC1=O. The first-order valence-corrected chi connectivity index (χ1v) is 8.55. The summed E-state index contributed by atoms with van der Waals surface area (Å²) in [6.07, 6.45) is 2.40. The van der Waals surface area contributed by atoms with Crippen LogP contribution in [0.15, 0.2) is 18.2 Å². The molecule has 1 aromatic rings. The van der Waals surface area contributed by atoms with Crippen LogP contribution in [-0.2, 0) is 9.59 Å². The fraction of sp³-hybridized carbons (Fsp3) is 0.529. The topological polar surface area (TPSA) is 84.7 Å². The number of rotatable bonds is 6. The van der Waals surface area contributed by atoms with E-state index in [4.69, 9.17) is 22.1 Å². The minimum Gasteiger partial charge on any atom is -0.495 e. The van der Waals surface area contributed by atoms with E-state index in [0.29, 0.717) is 35.5 Å². The van der Waals surface area contributed by atoms with Gasteiger partial charge in [-0.3, -0.25) is 9.59 Å². The van der Waals surface area contributed by atoms with Gasteiger partial charge in [-0.05, 0) is 37.0 Å². The summed E-state index contributed by atoms with van der Waals surface area (Å²) in [6.45, 7) is 0.756. The van der Waals surface area contributed by atoms with Crippen molar-refractivity contribution in [3.8, 4) is 5.75 Å². The van der Waals surface area contributed by atoms with Crippen molar-refractivity contribution in [2.75, 3.05) is 25.1 Å². The molecule has 0 bridgehead atoms. The summed E-state index contributed by atoms with van der Waals surface area (Å²) in [6, 6.07) is 5.12. The Bertz CT molecular complexity index is 648. The van der Waals surface area contributed by atoms with Crippen LogP contribution in [-0.4, -0.2) is 38.1 Å². The molecule has 1 aromatic carbocycles. The molecule has 0 spiro atoms. The molecule has 1 saturated heterocycles. The second-order valence-corrected chi connectivity index (χ2v) is 6.85. The summed E-state index contributed by atoms with van der Waals surface area (Å²) in [7, 11) is 1.54. The fourth-order valence-electron chi connectivity index (χ4n) is 3.16. The predicted molar refractivity (Wildman–Crippen MR) is 92.2 cm³/mol. The monoisotopic (exact) mass is 351 g/mol. The van der Waals surface area contributed by atoms with Gasteiger partial charge >= 0.3 is 0 Å². The van der Waals surface area contributed by atoms with E-state index < -0.39 is 0 Å². The van der Waals surface area contributed by atoms with E-state index >= 15 is 0 Å². The van der Waals surface area contributed by atoms with Gasteiger partial charge in [0.25, 0.3) is 0 Å². The molecule has 130 valence electrons. The maximum Gasteiger partial charge on any atom is 0.227 e. The van der Waals surface area contributed by atoms with E-state index in [1.165, 1.54) is 0 Å². The summed E-state index contributed by atoms with van der Waals surface area (Å²) in [5.74, 6) is 0.460. The maximum atomic E-state index is 12.5. The molecule has 7 heteroatoms. The zero-order valence-electron chi connectivity index (χ0n) is 13.6. The number of anilines is 1. The number of methoxy groups -OCH3 is 1. The van der Waals surface area contributed by atoms with Crippen molar-refractivity contribution < 1.29 is 14.3 Å². The number of amides is 2. The van der Waals surface area contributed by atoms with Gasteiger partial charge in [0.15, 0.2) is 0 Å². The van der Waals surface area contributed by atoms with Gasteiger partial charge in [-0.15, -0.1) is 0 Å². The second kappa shape index (κ2) is 6.99. The Hall–Kier alpha value is -1.79. The first-order chi connectivity index (χ1) is 11.5. The highest BCUT2D eigenvalue weighted by molar-refractivity contribution is 6.31. The quantitative estimate of drug-likeness (QED) is 0.814. The fourth-order valence-corrected chi connectivity index (χ4v) is 3.32. The van der Waals surface area contributed by atoms with Gasteiger partial charge in [0.05, 0.1) is 18.7 Å². The zero-order valence-corrected chi connectivity index (χ0v) is 14.4. The Labute approximate surface area is 146 Å². The van der Waals surface area contributed by atoms with Gasteiger partial charge in [-0.25, -0.2) is 0 Å². The molecule has 2 unspecified atom stereocenters. The first kappa shape index (κ1) is 17.0. The molecule has 1 saturated carbocycles. The standard InChI is InChI=1S/C17H22ClN3O3/c1-24-15-5-4-12(18)7-14(15)21-9-11(6-16(21)22)17(23)20-13(8-19)10-2-3-10/h4-5,7,10-11,13H,2-3,6,8-9,19H2,1H3,(H,20,23). The molecule has 2 aliphatic rings. The van der Waals surface area contributed by atoms with Crippen LogP contribution in [0.25, 0.3) is 0 Å². The van der Waals surface area contributed by atoms with Crippen molar-refractivity contribution in [2.45, 2.75) is 25.3 Å². The van der Waals surface area contributed by atoms with Gasteiger partial charge in [0.1, 0.15) is 5.75 Å². The van der Waals surface area contributed by atoms with E-state index in [-0.39, 0.29) is 30.2 Å². The predicted octanol–water partition coefficient (Wildman–Crippen LogP) is 1.55. The van der Waals surface area contributed by atoms with Crippen LogP contribution in [0.2, 0.25) is 5.02 Å². The third kappa shape index (κ3) is 3.49. The molecule has 2 fully saturated rings. The average Bonchev–Trinajstić information content (AvgIpc) is 3.34. The first-order valence-electron chi connectivity index (χ1n) is 8.17. The number of nitrogens with zero attached hydrogens (tertiary/aromatic N) is 1. The number of nitrogens with one attached hydrogen (secondary N) is 1. The molecule has 24 heavy (non-hydrogen) atoms. The Morgan fingerprint density at radius 1 is 1.50 bits per heavy atom. The summed E-state index contributed by atoms with van der Waals surface area (Å²) in [5.41, 5.74) is 6.34. The van der Waals surface area contributed by atoms with Crippen LogP contribution < -0.4 is 20.7 Å². The average molecular weight is 352 g/mol. The highest BCUT2D eigenvalue weighted by Gasteiger charge is 2.38. The molecule has 1 heterocycles. The third-order valence-electron chi connectivity index (χ3n) is 4.70. The summed E-state index contributed by atoms with van der Waals surface area (Å²) in [4.78, 5) is 26.5. The van der Waals surface area contributed by atoms with Gasteiger partial charge in [-0.2, -0.15) is 0 Å². The van der Waals surface area contributed by atoms with Crippen LogP contribution in [0.1, 0.15) is 19.3 Å². The minimum absolute atomic E-state index is 0.0161. The lowest BCUT2D eigenvalue weighted by molar-refractivity contribution is -0.127. The molecular weight excluding hydrogens is 330 g/mol. The Balaban J connectivity index is 1.71. The van der Waals surface area contributed by atoms with Crippen LogP contribution in [0.5, 0.6) is 5.75 Å². The number of hydrogen-bond donors (Lipinski definition) is 2. The lowest BCUT2D eigenvalue weighted by Crippen LogP contribution is -2.45. The Kier molecular flexibility index (Phi) is 4.96. The smallest absolute Gasteiger partial charge is 0.227 e. The van der Waals surface area contributed by atoms with Crippen molar-refractivity contribution in [2.24, 2.45) is 17.6 Å². The summed E-state index contributed by atoms with van der Waals surface area (Å²) in [5, 5.41) is 3.52. The molecule has 3 N–H and O–H groups in total. The Morgan fingerprint density at radius 3 is 2.88 bits per heavy atom. The largest absolute Gasteiger partial charge is 0.495 e. The molecule has 0 radical (unpaired) electrons. The highest BCUT2D eigenvalue weighted by Crippen LogP contribution is 2.36. The van der Waals surface area contributed by atoms with Gasteiger partial charge in [-0.1, -0.05) is 11.6 Å². The highest BCUT2D eigenvalue weighted by atomic mass is 35.5. The van der Waals surface area contributed by atoms with Crippen LogP contribution in [0.4, 0.5) is 5.69 Å². The van der Waals surface area contributed by atoms with E-state index in [9.17, 15) is 9.59 Å². The van der Waals surface area contributed by atoms with Crippen molar-refractivity contribution in [3.05, 3.63) is 23.2 Å². The number of carbonyl (C=O) groups excluding carboxylic acids is 2. The van der Waals surface area contributed by atoms with Crippen molar-refractivity contribution >= 4 is 29.1 Å². The number of benzene rings is 1. The zero-order chi connectivity index (χ0) is 17.3. The lowest BCUT2D eigenvalue weighted by atomic mass is 10.1. The molecule has 2 amide bonds. The summed E-state index contributed by atoms with van der Waals surface area (Å²) >= 11 is 6.04. The van der Waals surface area contributed by atoms with Crippen molar-refractivity contribution in [1.82, 2.24) is 5.32 Å². The number of halogens is 1. The molecule has 3 rings (SSSR count). The lowest BCUT2D eigenvalue weighted by Gasteiger charge is -2.21. The second-order valence-electron chi connectivity index (χ2n) is 6.41. The van der Waals surface area contributed by atoms with Gasteiger partial charge < -0.3 is 20.7 Å². The van der Waals surface area contributed by atoms with E-state index in [1.807, 2.05) is 0 Å². The van der Waals surface area contributed by atoms with E-state index in [0.717, 1.165) is 12.8 Å². The number of nitrogens with two attached hydrogens (primary N) is 1. The summed E-state index contributed by atoms with van der Waals surface area (Å²) < 4.78 is 5.31. The van der Waals surface area contributed by atoms with E-state index in [2.05, 4.69) is 5.32 Å². The Morgan fingerprint density at radius 2 is 2.25 bits per heavy atom. The molecule has 1 aliphatic heterocycles. The maximum absolute atomic E-state index is 12.5. The van der Waals surface area contributed by atoms with Gasteiger partial charge in [0.2, 0.25) is 11.8 Å². The van der Waals surface area contributed by atoms with Crippen molar-refractivity contribution in [3.63, 3.8) is 0 Å². The van der Waals surface area contributed by atoms with Crippen LogP contribution in [0.3, 0.4) is 0 Å². The van der Waals surface area contributed by atoms with Crippen molar-refractivity contribution in [1.29, 1.82) is 0 Å². The number of carbonyl (C=O) groups is 2. The molecular formula is C17H22ClN3O3. The van der Waals surface area contributed by atoms with Crippen LogP contribution in [0, 0.1) is 11.8 Å². The van der Waals surface area contributed by atoms with E-state index in [1.54, 1.807) is 30.2 Å². The molecule has 0 aromatic heterocycles. The minimum atomic E-state index is -0.381. The number of hydrogen-bond acceptors (Lipinski definition) is 4. The molecule has 1 aliphatic carbocycles. The number of ether oxygens (including phenoxy) is 1. The molecule has 2 atom stereocenters.